The molecule has 0 saturated carbocycles. The van der Waals surface area contributed by atoms with Crippen LogP contribution in [-0.2, 0) is 11.3 Å². The predicted molar refractivity (Wildman–Crippen MR) is 142 cm³/mol. The summed E-state index contributed by atoms with van der Waals surface area (Å²) in [5, 5.41) is 14.3. The maximum Gasteiger partial charge on any atom is 0.279 e. The van der Waals surface area contributed by atoms with Gasteiger partial charge in [-0.3, -0.25) is 19.5 Å². The van der Waals surface area contributed by atoms with Gasteiger partial charge in [-0.15, -0.1) is 5.10 Å². The summed E-state index contributed by atoms with van der Waals surface area (Å²) < 4.78 is 7.06. The summed E-state index contributed by atoms with van der Waals surface area (Å²) >= 11 is 0. The molecule has 11 heteroatoms. The highest BCUT2D eigenvalue weighted by atomic mass is 16.5. The maximum atomic E-state index is 14.0. The first-order chi connectivity index (χ1) is 19.2. The van der Waals surface area contributed by atoms with Crippen molar-refractivity contribution >= 4 is 17.5 Å². The molecule has 5 rings (SSSR count). The highest BCUT2D eigenvalue weighted by Gasteiger charge is 2.34. The molecule has 0 spiro atoms. The average molecular weight is 521 g/mol. The maximum absolute atomic E-state index is 14.0. The first-order valence-electron chi connectivity index (χ1n) is 12.0. The van der Waals surface area contributed by atoms with Gasteiger partial charge in [-0.25, -0.2) is 4.98 Å². The number of methoxy groups -OCH3 is 1. The third-order valence-electron chi connectivity index (χ3n) is 5.97. The first-order valence-corrected chi connectivity index (χ1v) is 12.0. The molecule has 2 amide bonds. The normalized spacial score (nSPS) is 11.4. The number of rotatable bonds is 9. The topological polar surface area (TPSA) is 128 Å². The Balaban J connectivity index is 1.61. The Morgan fingerprint density at radius 3 is 2.44 bits per heavy atom. The molecule has 2 aromatic heterocycles. The number of carbonyl (C=O) groups excluding carboxylic acids is 2. The van der Waals surface area contributed by atoms with Gasteiger partial charge in [0.1, 0.15) is 29.5 Å². The van der Waals surface area contributed by atoms with E-state index in [-0.39, 0.29) is 18.1 Å². The number of aromatic nitrogens is 6. The van der Waals surface area contributed by atoms with Crippen LogP contribution in [0.15, 0.2) is 104 Å². The molecule has 3 aromatic carbocycles. The van der Waals surface area contributed by atoms with Gasteiger partial charge in [0, 0.05) is 30.7 Å². The number of nitrogens with zero attached hydrogens (tertiary/aromatic N) is 7. The van der Waals surface area contributed by atoms with Crippen molar-refractivity contribution in [2.45, 2.75) is 12.6 Å². The van der Waals surface area contributed by atoms with Crippen molar-refractivity contribution in [3.8, 4) is 11.4 Å². The Hall–Kier alpha value is -5.45. The molecule has 5 aromatic rings. The largest absolute Gasteiger partial charge is 0.494 e. The van der Waals surface area contributed by atoms with Gasteiger partial charge in [0.05, 0.1) is 13.3 Å². The van der Waals surface area contributed by atoms with Crippen LogP contribution in [0.25, 0.3) is 5.69 Å². The zero-order valence-corrected chi connectivity index (χ0v) is 21.0. The summed E-state index contributed by atoms with van der Waals surface area (Å²) in [6, 6.07) is 22.7. The van der Waals surface area contributed by atoms with Crippen LogP contribution in [0.1, 0.15) is 27.7 Å². The molecule has 11 nitrogen and oxygen atoms in total. The summed E-state index contributed by atoms with van der Waals surface area (Å²) in [6.07, 6.45) is 5.71. The van der Waals surface area contributed by atoms with Crippen molar-refractivity contribution in [2.24, 2.45) is 0 Å². The number of hydrogen-bond acceptors (Lipinski definition) is 8. The predicted octanol–water partition coefficient (Wildman–Crippen LogP) is 3.17. The van der Waals surface area contributed by atoms with Gasteiger partial charge < -0.3 is 10.1 Å². The van der Waals surface area contributed by atoms with Crippen LogP contribution in [0.4, 0.5) is 5.69 Å². The van der Waals surface area contributed by atoms with Gasteiger partial charge in [0.2, 0.25) is 5.91 Å². The van der Waals surface area contributed by atoms with E-state index in [0.717, 1.165) is 5.56 Å². The fourth-order valence-corrected chi connectivity index (χ4v) is 4.13. The van der Waals surface area contributed by atoms with Gasteiger partial charge >= 0.3 is 0 Å². The van der Waals surface area contributed by atoms with Crippen LogP contribution in [0, 0.1) is 0 Å². The molecule has 0 bridgehead atoms. The molecule has 1 N–H and O–H groups in total. The van der Waals surface area contributed by atoms with E-state index in [4.69, 9.17) is 4.74 Å². The molecule has 194 valence electrons. The van der Waals surface area contributed by atoms with Crippen LogP contribution >= 0.6 is 0 Å². The average Bonchev–Trinajstić information content (AvgIpc) is 3.54. The SMILES string of the molecule is COc1cc(N(C(=O)c2cnccn2)C(C(=O)NCc2ccccc2)c2ccccc2)ccc1-n1cnnn1. The molecule has 39 heavy (non-hydrogen) atoms. The van der Waals surface area contributed by atoms with Gasteiger partial charge in [0.15, 0.2) is 0 Å². The van der Waals surface area contributed by atoms with Crippen LogP contribution in [0.3, 0.4) is 0 Å². The number of benzene rings is 3. The van der Waals surface area contributed by atoms with E-state index in [1.807, 2.05) is 48.5 Å². The Kier molecular flexibility index (Phi) is 7.58. The summed E-state index contributed by atoms with van der Waals surface area (Å²) in [5.41, 5.74) is 2.59. The standard InChI is InChI=1S/C28H24N8O3/c1-39-25-16-22(12-13-24(25)35-19-32-33-34-35)36(28(38)23-18-29-14-15-30-23)26(21-10-6-3-7-11-21)27(37)31-17-20-8-4-2-5-9-20/h2-16,18-19,26H,17H2,1H3,(H,31,37). The number of carbonyl (C=O) groups is 2. The van der Waals surface area contributed by atoms with Gasteiger partial charge in [0.25, 0.3) is 5.91 Å². The van der Waals surface area contributed by atoms with Crippen LogP contribution in [0.2, 0.25) is 0 Å². The molecule has 1 atom stereocenters. The van der Waals surface area contributed by atoms with E-state index in [9.17, 15) is 9.59 Å². The lowest BCUT2D eigenvalue weighted by Crippen LogP contribution is -2.44. The van der Waals surface area contributed by atoms with E-state index in [2.05, 4.69) is 30.8 Å². The minimum absolute atomic E-state index is 0.0813. The second-order valence-electron chi connectivity index (χ2n) is 8.39. The van der Waals surface area contributed by atoms with E-state index in [0.29, 0.717) is 22.7 Å². The number of tetrazole rings is 1. The van der Waals surface area contributed by atoms with Gasteiger partial charge in [-0.2, -0.15) is 4.68 Å². The minimum Gasteiger partial charge on any atom is -0.494 e. The fraction of sp³-hybridized carbons (Fsp3) is 0.107. The molecule has 0 radical (unpaired) electrons. The summed E-state index contributed by atoms with van der Waals surface area (Å²) in [7, 11) is 1.50. The molecule has 0 aliphatic carbocycles. The molecule has 0 saturated heterocycles. The highest BCUT2D eigenvalue weighted by Crippen LogP contribution is 2.34. The monoisotopic (exact) mass is 520 g/mol. The number of amides is 2. The first kappa shape index (κ1) is 25.2. The van der Waals surface area contributed by atoms with Gasteiger partial charge in [-0.05, 0) is 33.7 Å². The van der Waals surface area contributed by atoms with Crippen LogP contribution in [-0.4, -0.2) is 49.1 Å². The fourth-order valence-electron chi connectivity index (χ4n) is 4.13. The lowest BCUT2D eigenvalue weighted by molar-refractivity contribution is -0.122. The van der Waals surface area contributed by atoms with Gasteiger partial charge in [-0.1, -0.05) is 60.7 Å². The molecule has 0 aliphatic heterocycles. The molecule has 0 aliphatic rings. The molecule has 2 heterocycles. The minimum atomic E-state index is -1.03. The highest BCUT2D eigenvalue weighted by molar-refractivity contribution is 6.09. The summed E-state index contributed by atoms with van der Waals surface area (Å²) in [6.45, 7) is 0.289. The second-order valence-corrected chi connectivity index (χ2v) is 8.39. The summed E-state index contributed by atoms with van der Waals surface area (Å²) in [4.78, 5) is 37.5. The molecular formula is C28H24N8O3. The smallest absolute Gasteiger partial charge is 0.279 e. The Labute approximate surface area is 224 Å². The van der Waals surface area contributed by atoms with Crippen molar-refractivity contribution < 1.29 is 14.3 Å². The van der Waals surface area contributed by atoms with Crippen molar-refractivity contribution in [2.75, 3.05) is 12.0 Å². The molecular weight excluding hydrogens is 496 g/mol. The van der Waals surface area contributed by atoms with E-state index in [1.54, 1.807) is 30.3 Å². The summed E-state index contributed by atoms with van der Waals surface area (Å²) in [5.74, 6) is -0.483. The third kappa shape index (κ3) is 5.62. The zero-order chi connectivity index (χ0) is 27.0. The van der Waals surface area contributed by atoms with E-state index < -0.39 is 11.9 Å². The lowest BCUT2D eigenvalue weighted by atomic mass is 10.0. The van der Waals surface area contributed by atoms with E-state index >= 15 is 0 Å². The number of anilines is 1. The molecule has 0 fully saturated rings. The van der Waals surface area contributed by atoms with Crippen molar-refractivity contribution in [3.05, 3.63) is 121 Å². The van der Waals surface area contributed by atoms with Crippen molar-refractivity contribution in [1.82, 2.24) is 35.5 Å². The van der Waals surface area contributed by atoms with Crippen LogP contribution in [0.5, 0.6) is 5.75 Å². The van der Waals surface area contributed by atoms with Crippen LogP contribution < -0.4 is 15.0 Å². The molecule has 1 unspecified atom stereocenters. The van der Waals surface area contributed by atoms with Crippen molar-refractivity contribution in [3.63, 3.8) is 0 Å². The van der Waals surface area contributed by atoms with E-state index in [1.165, 1.54) is 41.6 Å². The zero-order valence-electron chi connectivity index (χ0n) is 21.0. The Morgan fingerprint density at radius 1 is 1.00 bits per heavy atom. The number of hydrogen-bond donors (Lipinski definition) is 1. The Bertz CT molecular complexity index is 1530. The Morgan fingerprint density at radius 2 is 1.77 bits per heavy atom. The number of nitrogens with one attached hydrogen (secondary N) is 1. The third-order valence-corrected chi connectivity index (χ3v) is 5.97. The number of ether oxygens (including phenoxy) is 1. The quantitative estimate of drug-likeness (QED) is 0.314. The van der Waals surface area contributed by atoms with Crippen molar-refractivity contribution in [1.29, 1.82) is 0 Å². The second kappa shape index (κ2) is 11.7. The lowest BCUT2D eigenvalue weighted by Gasteiger charge is -2.31.